The zero-order chi connectivity index (χ0) is 13.6. The molecule has 0 bridgehead atoms. The average Bonchev–Trinajstić information content (AvgIpc) is 2.44. The molecule has 1 aromatic carbocycles. The van der Waals surface area contributed by atoms with Crippen LogP contribution in [0.3, 0.4) is 0 Å². The maximum atomic E-state index is 12.3. The third-order valence-electron chi connectivity index (χ3n) is 3.27. The van der Waals surface area contributed by atoms with Gasteiger partial charge in [-0.1, -0.05) is 44.2 Å². The highest BCUT2D eigenvalue weighted by atomic mass is 19.3. The summed E-state index contributed by atoms with van der Waals surface area (Å²) in [6, 6.07) is 9.07. The van der Waals surface area contributed by atoms with Crippen LogP contribution in [0.1, 0.15) is 32.3 Å². The molecule has 0 N–H and O–H groups in total. The number of hydrogen-bond acceptors (Lipinski definition) is 3. The molecule has 0 radical (unpaired) electrons. The number of carbonyl (C=O) groups is 2. The highest BCUT2D eigenvalue weighted by molar-refractivity contribution is 6.03. The number of halogens is 1. The van der Waals surface area contributed by atoms with Crippen molar-refractivity contribution in [3.05, 3.63) is 35.9 Å². The molecule has 0 fully saturated rings. The quantitative estimate of drug-likeness (QED) is 0.731. The highest BCUT2D eigenvalue weighted by Gasteiger charge is 2.45. The average molecular weight is 252 g/mol. The van der Waals surface area contributed by atoms with E-state index in [-0.39, 0.29) is 25.0 Å². The molecule has 18 heavy (non-hydrogen) atoms. The molecule has 0 heterocycles. The summed E-state index contributed by atoms with van der Waals surface area (Å²) in [6.45, 7) is 3.34. The minimum absolute atomic E-state index is 0.166. The summed E-state index contributed by atoms with van der Waals surface area (Å²) in [5.41, 5.74) is -0.600. The Morgan fingerprint density at radius 2 is 1.83 bits per heavy atom. The van der Waals surface area contributed by atoms with Gasteiger partial charge in [0.05, 0.1) is 0 Å². The molecular weight excluding hydrogens is 235 g/mol. The molecule has 0 saturated heterocycles. The van der Waals surface area contributed by atoms with Crippen LogP contribution in [0.4, 0.5) is 4.53 Å². The first kappa shape index (κ1) is 14.4. The van der Waals surface area contributed by atoms with Gasteiger partial charge in [-0.05, 0) is 18.4 Å². The van der Waals surface area contributed by atoms with E-state index in [1.165, 1.54) is 0 Å². The molecule has 1 aromatic rings. The lowest BCUT2D eigenvalue weighted by atomic mass is 9.75. The Labute approximate surface area is 106 Å². The second-order valence-corrected chi connectivity index (χ2v) is 4.24. The minimum Gasteiger partial charge on any atom is -0.298 e. The molecule has 1 rings (SSSR count). The van der Waals surface area contributed by atoms with E-state index in [1.807, 2.05) is 18.2 Å². The van der Waals surface area contributed by atoms with Crippen LogP contribution in [0.2, 0.25) is 0 Å². The van der Waals surface area contributed by atoms with Gasteiger partial charge in [0.25, 0.3) is 0 Å². The normalized spacial score (nSPS) is 13.7. The maximum absolute atomic E-state index is 12.3. The molecule has 1 unspecified atom stereocenters. The standard InChI is InChI=1S/C14H17FO3/c1-3-12(16)14(4-2,13(17)18-15)10-11-8-6-5-7-9-11/h5-9H,3-4,10H2,1-2H3. The van der Waals surface area contributed by atoms with Crippen molar-refractivity contribution in [3.8, 4) is 0 Å². The van der Waals surface area contributed by atoms with Crippen molar-refractivity contribution < 1.29 is 19.1 Å². The van der Waals surface area contributed by atoms with E-state index < -0.39 is 11.4 Å². The summed E-state index contributed by atoms with van der Waals surface area (Å²) in [4.78, 5) is 27.0. The molecule has 0 spiro atoms. The van der Waals surface area contributed by atoms with Crippen LogP contribution in [0.5, 0.6) is 0 Å². The summed E-state index contributed by atoms with van der Waals surface area (Å²) in [6.07, 6.45) is 0.562. The lowest BCUT2D eigenvalue weighted by molar-refractivity contribution is -0.197. The SMILES string of the molecule is CCC(=O)C(CC)(Cc1ccccc1)C(=O)OF. The molecule has 0 aliphatic carbocycles. The number of Topliss-reactive ketones (excluding diaryl/α,β-unsaturated/α-hetero) is 1. The molecule has 0 amide bonds. The first-order chi connectivity index (χ1) is 8.60. The van der Waals surface area contributed by atoms with Gasteiger partial charge in [0.2, 0.25) is 0 Å². The van der Waals surface area contributed by atoms with Crippen molar-refractivity contribution in [2.45, 2.75) is 33.1 Å². The molecule has 1 atom stereocenters. The summed E-state index contributed by atoms with van der Waals surface area (Å²) >= 11 is 0. The Kier molecular flexibility index (Phi) is 5.01. The van der Waals surface area contributed by atoms with Gasteiger partial charge in [-0.25, -0.2) is 4.79 Å². The van der Waals surface area contributed by atoms with Gasteiger partial charge in [0.1, 0.15) is 11.2 Å². The fourth-order valence-corrected chi connectivity index (χ4v) is 2.11. The maximum Gasteiger partial charge on any atom is 0.362 e. The van der Waals surface area contributed by atoms with E-state index in [4.69, 9.17) is 0 Å². The predicted octanol–water partition coefficient (Wildman–Crippen LogP) is 3.03. The predicted molar refractivity (Wildman–Crippen MR) is 65.4 cm³/mol. The molecule has 3 nitrogen and oxygen atoms in total. The summed E-state index contributed by atoms with van der Waals surface area (Å²) in [5.74, 6) is -1.39. The summed E-state index contributed by atoms with van der Waals surface area (Å²) < 4.78 is 12.3. The first-order valence-electron chi connectivity index (χ1n) is 6.01. The number of ketones is 1. The Hall–Kier alpha value is -1.71. The van der Waals surface area contributed by atoms with Gasteiger partial charge in [0, 0.05) is 10.9 Å². The van der Waals surface area contributed by atoms with Crippen LogP contribution in [-0.4, -0.2) is 11.8 Å². The Morgan fingerprint density at radius 1 is 1.22 bits per heavy atom. The van der Waals surface area contributed by atoms with Crippen LogP contribution >= 0.6 is 0 Å². The number of carbonyl (C=O) groups excluding carboxylic acids is 2. The second-order valence-electron chi connectivity index (χ2n) is 4.24. The zero-order valence-corrected chi connectivity index (χ0v) is 10.6. The van der Waals surface area contributed by atoms with E-state index >= 15 is 0 Å². The van der Waals surface area contributed by atoms with Crippen LogP contribution in [-0.2, 0) is 21.0 Å². The van der Waals surface area contributed by atoms with E-state index in [1.54, 1.807) is 26.0 Å². The van der Waals surface area contributed by atoms with Crippen molar-refractivity contribution in [1.29, 1.82) is 0 Å². The lowest BCUT2D eigenvalue weighted by Crippen LogP contribution is -2.41. The van der Waals surface area contributed by atoms with Crippen molar-refractivity contribution in [2.75, 3.05) is 0 Å². The molecule has 4 heteroatoms. The Balaban J connectivity index is 3.11. The van der Waals surface area contributed by atoms with Gasteiger partial charge in [0.15, 0.2) is 0 Å². The molecule has 98 valence electrons. The minimum atomic E-state index is -1.41. The molecule has 0 aliphatic rings. The van der Waals surface area contributed by atoms with Crippen molar-refractivity contribution in [1.82, 2.24) is 0 Å². The highest BCUT2D eigenvalue weighted by Crippen LogP contribution is 2.31. The van der Waals surface area contributed by atoms with Gasteiger partial charge in [-0.3, -0.25) is 9.74 Å². The molecule has 0 aliphatic heterocycles. The van der Waals surface area contributed by atoms with Crippen molar-refractivity contribution >= 4 is 11.8 Å². The largest absolute Gasteiger partial charge is 0.362 e. The van der Waals surface area contributed by atoms with Crippen LogP contribution in [0, 0.1) is 5.41 Å². The van der Waals surface area contributed by atoms with E-state index in [2.05, 4.69) is 4.94 Å². The van der Waals surface area contributed by atoms with Gasteiger partial charge < -0.3 is 0 Å². The van der Waals surface area contributed by atoms with Crippen LogP contribution < -0.4 is 0 Å². The fourth-order valence-electron chi connectivity index (χ4n) is 2.11. The third-order valence-corrected chi connectivity index (χ3v) is 3.27. The number of rotatable bonds is 6. The second kappa shape index (κ2) is 6.28. The Bertz CT molecular complexity index is 398. The molecule has 0 saturated carbocycles. The van der Waals surface area contributed by atoms with E-state index in [0.29, 0.717) is 0 Å². The number of hydrogen-bond donors (Lipinski definition) is 0. The van der Waals surface area contributed by atoms with Crippen LogP contribution in [0.15, 0.2) is 30.3 Å². The number of benzene rings is 1. The summed E-state index contributed by atoms with van der Waals surface area (Å²) in [5, 5.41) is 0. The topological polar surface area (TPSA) is 43.4 Å². The van der Waals surface area contributed by atoms with Crippen LogP contribution in [0.25, 0.3) is 0 Å². The van der Waals surface area contributed by atoms with Gasteiger partial charge in [-0.15, -0.1) is 0 Å². The van der Waals surface area contributed by atoms with E-state index in [9.17, 15) is 14.1 Å². The van der Waals surface area contributed by atoms with E-state index in [0.717, 1.165) is 5.56 Å². The third kappa shape index (κ3) is 2.75. The fraction of sp³-hybridized carbons (Fsp3) is 0.429. The van der Waals surface area contributed by atoms with Gasteiger partial charge in [-0.2, -0.15) is 0 Å². The smallest absolute Gasteiger partial charge is 0.298 e. The monoisotopic (exact) mass is 252 g/mol. The van der Waals surface area contributed by atoms with Crippen molar-refractivity contribution in [2.24, 2.45) is 5.41 Å². The molecule has 0 aromatic heterocycles. The first-order valence-corrected chi connectivity index (χ1v) is 6.01. The zero-order valence-electron chi connectivity index (χ0n) is 10.6. The lowest BCUT2D eigenvalue weighted by Gasteiger charge is -2.26. The van der Waals surface area contributed by atoms with Crippen molar-refractivity contribution in [3.63, 3.8) is 0 Å². The van der Waals surface area contributed by atoms with Gasteiger partial charge >= 0.3 is 5.97 Å². The Morgan fingerprint density at radius 3 is 2.28 bits per heavy atom. The molecular formula is C14H17FO3. The summed E-state index contributed by atoms with van der Waals surface area (Å²) in [7, 11) is 0.